The van der Waals surface area contributed by atoms with Crippen LogP contribution in [0.1, 0.15) is 71.5 Å². The van der Waals surface area contributed by atoms with E-state index in [0.717, 1.165) is 12.0 Å². The fourth-order valence-electron chi connectivity index (χ4n) is 5.13. The van der Waals surface area contributed by atoms with E-state index in [9.17, 15) is 9.59 Å². The van der Waals surface area contributed by atoms with Crippen molar-refractivity contribution in [3.8, 4) is 23.0 Å². The van der Waals surface area contributed by atoms with Crippen molar-refractivity contribution in [1.82, 2.24) is 0 Å². The topological polar surface area (TPSA) is 71.1 Å². The predicted molar refractivity (Wildman–Crippen MR) is 149 cm³/mol. The van der Waals surface area contributed by atoms with Crippen molar-refractivity contribution >= 4 is 11.6 Å². The van der Waals surface area contributed by atoms with E-state index in [1.54, 1.807) is 42.5 Å². The van der Waals surface area contributed by atoms with Gasteiger partial charge in [0.2, 0.25) is 11.6 Å². The van der Waals surface area contributed by atoms with E-state index >= 15 is 0 Å². The molecule has 0 aliphatic rings. The molecule has 0 amide bonds. The number of carbonyl (C=O) groups excluding carboxylic acids is 2. The summed E-state index contributed by atoms with van der Waals surface area (Å²) in [5, 5.41) is 0. The normalized spacial score (nSPS) is 12.0. The summed E-state index contributed by atoms with van der Waals surface area (Å²) in [5.74, 6) is 1.06. The lowest BCUT2D eigenvalue weighted by Crippen LogP contribution is -2.19. The van der Waals surface area contributed by atoms with E-state index in [1.165, 1.54) is 28.4 Å². The maximum atomic E-state index is 14.4. The highest BCUT2D eigenvalue weighted by Gasteiger charge is 2.30. The molecule has 6 nitrogen and oxygen atoms in total. The van der Waals surface area contributed by atoms with Crippen molar-refractivity contribution in [3.05, 3.63) is 82.4 Å². The third kappa shape index (κ3) is 6.18. The highest BCUT2D eigenvalue weighted by molar-refractivity contribution is 6.23. The SMILES string of the molecule is COc1cccc(OC)c1C(=O)c1cccc(CC(C)CC(C)(C)C)c1C(=O)c1c(OC)cccc1OC. The molecular weight excluding hydrogens is 480 g/mol. The van der Waals surface area contributed by atoms with Gasteiger partial charge in [0.25, 0.3) is 0 Å². The van der Waals surface area contributed by atoms with Crippen LogP contribution in [-0.2, 0) is 6.42 Å². The van der Waals surface area contributed by atoms with Crippen molar-refractivity contribution < 1.29 is 28.5 Å². The van der Waals surface area contributed by atoms with Crippen molar-refractivity contribution in [2.75, 3.05) is 28.4 Å². The molecule has 0 spiro atoms. The molecule has 0 N–H and O–H groups in total. The van der Waals surface area contributed by atoms with Crippen LogP contribution in [0.2, 0.25) is 0 Å². The zero-order chi connectivity index (χ0) is 28.0. The fourth-order valence-corrected chi connectivity index (χ4v) is 5.13. The average Bonchev–Trinajstić information content (AvgIpc) is 2.89. The molecular formula is C32H38O6. The van der Waals surface area contributed by atoms with Gasteiger partial charge in [-0.25, -0.2) is 0 Å². The standard InChI is InChI=1S/C32H38O6/c1-20(19-32(2,3)4)18-21-12-9-13-22(30(33)28-23(35-5)14-10-15-24(28)36-6)27(21)31(34)29-25(37-7)16-11-17-26(29)38-8/h9-17,20H,18-19H2,1-8H3. The van der Waals surface area contributed by atoms with Crippen LogP contribution in [0, 0.1) is 11.3 Å². The molecule has 0 fully saturated rings. The van der Waals surface area contributed by atoms with Crippen molar-refractivity contribution in [2.24, 2.45) is 11.3 Å². The minimum Gasteiger partial charge on any atom is -0.496 e. The highest BCUT2D eigenvalue weighted by atomic mass is 16.5. The fraction of sp³-hybridized carbons (Fsp3) is 0.375. The number of benzene rings is 3. The first-order chi connectivity index (χ1) is 18.1. The van der Waals surface area contributed by atoms with Gasteiger partial charge >= 0.3 is 0 Å². The second kappa shape index (κ2) is 12.2. The summed E-state index contributed by atoms with van der Waals surface area (Å²) in [6.45, 7) is 8.76. The Morgan fingerprint density at radius 1 is 0.658 bits per heavy atom. The zero-order valence-corrected chi connectivity index (χ0v) is 23.6. The van der Waals surface area contributed by atoms with E-state index in [4.69, 9.17) is 18.9 Å². The number of hydrogen-bond donors (Lipinski definition) is 0. The molecule has 0 aliphatic heterocycles. The third-order valence-corrected chi connectivity index (χ3v) is 6.46. The van der Waals surface area contributed by atoms with E-state index in [2.05, 4.69) is 27.7 Å². The van der Waals surface area contributed by atoms with Gasteiger partial charge < -0.3 is 18.9 Å². The molecule has 202 valence electrons. The molecule has 1 atom stereocenters. The summed E-state index contributed by atoms with van der Waals surface area (Å²) >= 11 is 0. The Balaban J connectivity index is 2.29. The van der Waals surface area contributed by atoms with Gasteiger partial charge in [-0.15, -0.1) is 0 Å². The van der Waals surface area contributed by atoms with E-state index in [1.807, 2.05) is 12.1 Å². The maximum Gasteiger partial charge on any atom is 0.201 e. The maximum absolute atomic E-state index is 14.4. The molecule has 0 aliphatic carbocycles. The van der Waals surface area contributed by atoms with Crippen LogP contribution in [0.25, 0.3) is 0 Å². The van der Waals surface area contributed by atoms with Crippen LogP contribution in [-0.4, -0.2) is 40.0 Å². The van der Waals surface area contributed by atoms with E-state index in [-0.39, 0.29) is 39.6 Å². The summed E-state index contributed by atoms with van der Waals surface area (Å²) in [5.41, 5.74) is 2.04. The van der Waals surface area contributed by atoms with Gasteiger partial charge in [-0.05, 0) is 54.0 Å². The molecule has 0 aromatic heterocycles. The van der Waals surface area contributed by atoms with Crippen LogP contribution in [0.15, 0.2) is 54.6 Å². The highest BCUT2D eigenvalue weighted by Crippen LogP contribution is 2.37. The number of rotatable bonds is 11. The Bertz CT molecular complexity index is 1260. The van der Waals surface area contributed by atoms with E-state index in [0.29, 0.717) is 35.0 Å². The predicted octanol–water partition coefficient (Wildman–Crippen LogP) is 6.80. The van der Waals surface area contributed by atoms with Gasteiger partial charge in [0.1, 0.15) is 34.1 Å². The van der Waals surface area contributed by atoms with Crippen LogP contribution in [0.3, 0.4) is 0 Å². The molecule has 0 saturated heterocycles. The average molecular weight is 519 g/mol. The summed E-state index contributed by atoms with van der Waals surface area (Å²) in [7, 11) is 6.02. The van der Waals surface area contributed by atoms with E-state index < -0.39 is 0 Å². The summed E-state index contributed by atoms with van der Waals surface area (Å²) in [6.07, 6.45) is 1.58. The molecule has 3 rings (SSSR count). The van der Waals surface area contributed by atoms with Gasteiger partial charge in [-0.1, -0.05) is 58.0 Å². The zero-order valence-electron chi connectivity index (χ0n) is 23.6. The largest absolute Gasteiger partial charge is 0.496 e. The van der Waals surface area contributed by atoms with Crippen molar-refractivity contribution in [1.29, 1.82) is 0 Å². The van der Waals surface area contributed by atoms with Gasteiger partial charge in [-0.2, -0.15) is 0 Å². The van der Waals surface area contributed by atoms with Crippen LogP contribution >= 0.6 is 0 Å². The number of hydrogen-bond acceptors (Lipinski definition) is 6. The Labute approximate surface area is 225 Å². The Kier molecular flexibility index (Phi) is 9.21. The molecule has 0 heterocycles. The molecule has 1 unspecified atom stereocenters. The van der Waals surface area contributed by atoms with Crippen molar-refractivity contribution in [3.63, 3.8) is 0 Å². The number of ketones is 2. The van der Waals surface area contributed by atoms with Crippen LogP contribution in [0.4, 0.5) is 0 Å². The second-order valence-electron chi connectivity index (χ2n) is 10.6. The summed E-state index contributed by atoms with van der Waals surface area (Å²) < 4.78 is 22.1. The molecule has 3 aromatic rings. The van der Waals surface area contributed by atoms with Gasteiger partial charge in [0.05, 0.1) is 28.4 Å². The third-order valence-electron chi connectivity index (χ3n) is 6.46. The minimum absolute atomic E-state index is 0.119. The Hall–Kier alpha value is -3.80. The number of ether oxygens (including phenoxy) is 4. The second-order valence-corrected chi connectivity index (χ2v) is 10.6. The monoisotopic (exact) mass is 518 g/mol. The summed E-state index contributed by atoms with van der Waals surface area (Å²) in [4.78, 5) is 28.5. The quantitative estimate of drug-likeness (QED) is 0.260. The molecule has 6 heteroatoms. The van der Waals surface area contributed by atoms with Crippen LogP contribution in [0.5, 0.6) is 23.0 Å². The number of carbonyl (C=O) groups is 2. The molecule has 0 bridgehead atoms. The lowest BCUT2D eigenvalue weighted by atomic mass is 9.80. The molecule has 38 heavy (non-hydrogen) atoms. The Morgan fingerprint density at radius 3 is 1.50 bits per heavy atom. The molecule has 0 radical (unpaired) electrons. The summed E-state index contributed by atoms with van der Waals surface area (Å²) in [6, 6.07) is 15.8. The van der Waals surface area contributed by atoms with Crippen LogP contribution < -0.4 is 18.9 Å². The first kappa shape index (κ1) is 28.8. The lowest BCUT2D eigenvalue weighted by Gasteiger charge is -2.24. The first-order valence-corrected chi connectivity index (χ1v) is 12.7. The van der Waals surface area contributed by atoms with Gasteiger partial charge in [0, 0.05) is 11.1 Å². The number of methoxy groups -OCH3 is 4. The smallest absolute Gasteiger partial charge is 0.201 e. The molecule has 3 aromatic carbocycles. The van der Waals surface area contributed by atoms with Gasteiger partial charge in [0.15, 0.2) is 0 Å². The Morgan fingerprint density at radius 2 is 1.08 bits per heavy atom. The minimum atomic E-state index is -0.359. The van der Waals surface area contributed by atoms with Crippen molar-refractivity contribution in [2.45, 2.75) is 40.5 Å². The van der Waals surface area contributed by atoms with Gasteiger partial charge in [-0.3, -0.25) is 9.59 Å². The lowest BCUT2D eigenvalue weighted by molar-refractivity contribution is 0.0995. The molecule has 0 saturated carbocycles. The first-order valence-electron chi connectivity index (χ1n) is 12.7.